The summed E-state index contributed by atoms with van der Waals surface area (Å²) in [4.78, 5) is 17.9. The second kappa shape index (κ2) is 6.84. The first-order chi connectivity index (χ1) is 13.1. The van der Waals surface area contributed by atoms with E-state index >= 15 is 0 Å². The van der Waals surface area contributed by atoms with Gasteiger partial charge in [0.15, 0.2) is 0 Å². The van der Waals surface area contributed by atoms with Crippen molar-refractivity contribution in [1.29, 1.82) is 0 Å². The van der Waals surface area contributed by atoms with E-state index in [9.17, 15) is 18.0 Å². The molecule has 1 aromatic heterocycles. The number of hydrogen-bond acceptors (Lipinski definition) is 5. The summed E-state index contributed by atoms with van der Waals surface area (Å²) in [5.41, 5.74) is 3.73. The zero-order valence-electron chi connectivity index (χ0n) is 17.4. The molecule has 1 amide bonds. The SMILES string of the molecule is CC(C)(C)OC(=O)N1CCC2(CC1)O[C@H](C(C)(C)N)c1ccc(C(F)(F)F)nc12. The summed E-state index contributed by atoms with van der Waals surface area (Å²) in [6.45, 7) is 9.48. The highest BCUT2D eigenvalue weighted by molar-refractivity contribution is 5.68. The molecule has 0 bridgehead atoms. The Bertz CT molecular complexity index is 789. The van der Waals surface area contributed by atoms with Gasteiger partial charge < -0.3 is 20.1 Å². The molecule has 162 valence electrons. The van der Waals surface area contributed by atoms with E-state index in [1.165, 1.54) is 6.07 Å². The number of nitrogens with zero attached hydrogens (tertiary/aromatic N) is 2. The van der Waals surface area contributed by atoms with Crippen LogP contribution in [-0.4, -0.2) is 40.2 Å². The van der Waals surface area contributed by atoms with Gasteiger partial charge in [-0.3, -0.25) is 0 Å². The largest absolute Gasteiger partial charge is 0.444 e. The van der Waals surface area contributed by atoms with E-state index in [-0.39, 0.29) is 5.69 Å². The molecule has 9 heteroatoms. The Morgan fingerprint density at radius 2 is 1.79 bits per heavy atom. The van der Waals surface area contributed by atoms with E-state index in [1.54, 1.807) is 39.5 Å². The van der Waals surface area contributed by atoms with E-state index in [1.807, 2.05) is 0 Å². The number of carbonyl (C=O) groups excluding carboxylic acids is 1. The predicted octanol–water partition coefficient (Wildman–Crippen LogP) is 4.14. The Kier molecular flexibility index (Phi) is 5.15. The van der Waals surface area contributed by atoms with Gasteiger partial charge in [0.1, 0.15) is 23.0 Å². The number of hydrogen-bond donors (Lipinski definition) is 1. The molecule has 2 aliphatic heterocycles. The number of alkyl halides is 3. The fraction of sp³-hybridized carbons (Fsp3) is 0.700. The second-order valence-electron chi connectivity index (χ2n) is 9.41. The molecule has 0 aliphatic carbocycles. The number of ether oxygens (including phenoxy) is 2. The summed E-state index contributed by atoms with van der Waals surface area (Å²) < 4.78 is 51.5. The molecule has 0 radical (unpaired) electrons. The van der Waals surface area contributed by atoms with Crippen molar-refractivity contribution in [2.24, 2.45) is 5.73 Å². The van der Waals surface area contributed by atoms with Crippen LogP contribution in [0.5, 0.6) is 0 Å². The summed E-state index contributed by atoms with van der Waals surface area (Å²) in [5.74, 6) is 0. The van der Waals surface area contributed by atoms with Crippen LogP contribution >= 0.6 is 0 Å². The summed E-state index contributed by atoms with van der Waals surface area (Å²) in [6, 6.07) is 2.38. The molecule has 0 unspecified atom stereocenters. The fourth-order valence-corrected chi connectivity index (χ4v) is 3.83. The van der Waals surface area contributed by atoms with Crippen molar-refractivity contribution >= 4 is 6.09 Å². The van der Waals surface area contributed by atoms with Crippen LogP contribution in [0.1, 0.15) is 70.5 Å². The first-order valence-electron chi connectivity index (χ1n) is 9.66. The standard InChI is InChI=1S/C20H28F3N3O3/c1-17(2,3)29-16(27)26-10-8-19(9-11-26)14-12(15(28-19)18(4,5)24)6-7-13(25-14)20(21,22)23/h6-7,15H,8-11,24H2,1-5H3/t15-/m0/s1. The van der Waals surface area contributed by atoms with Crippen LogP contribution in [0, 0.1) is 0 Å². The van der Waals surface area contributed by atoms with Gasteiger partial charge >= 0.3 is 12.3 Å². The van der Waals surface area contributed by atoms with Crippen LogP contribution in [0.2, 0.25) is 0 Å². The minimum absolute atomic E-state index is 0.277. The Hall–Kier alpha value is -1.87. The molecule has 0 aromatic carbocycles. The minimum Gasteiger partial charge on any atom is -0.444 e. The van der Waals surface area contributed by atoms with Gasteiger partial charge in [0, 0.05) is 24.2 Å². The molecule has 3 rings (SSSR count). The van der Waals surface area contributed by atoms with Crippen LogP contribution in [0.15, 0.2) is 12.1 Å². The number of rotatable bonds is 1. The van der Waals surface area contributed by atoms with Crippen molar-refractivity contribution in [2.45, 2.75) is 76.5 Å². The number of piperidine rings is 1. The molecule has 1 fully saturated rings. The average molecular weight is 415 g/mol. The minimum atomic E-state index is -4.55. The quantitative estimate of drug-likeness (QED) is 0.746. The lowest BCUT2D eigenvalue weighted by molar-refractivity contribution is -0.142. The lowest BCUT2D eigenvalue weighted by Gasteiger charge is -2.40. The lowest BCUT2D eigenvalue weighted by Crippen LogP contribution is -2.48. The fourth-order valence-electron chi connectivity index (χ4n) is 3.83. The lowest BCUT2D eigenvalue weighted by atomic mass is 9.85. The summed E-state index contributed by atoms with van der Waals surface area (Å²) in [5, 5.41) is 0. The zero-order valence-corrected chi connectivity index (χ0v) is 17.4. The van der Waals surface area contributed by atoms with Gasteiger partial charge in [-0.05, 0) is 53.5 Å². The number of likely N-dealkylation sites (tertiary alicyclic amines) is 1. The normalized spacial score (nSPS) is 22.0. The van der Waals surface area contributed by atoms with E-state index in [0.29, 0.717) is 31.5 Å². The monoisotopic (exact) mass is 415 g/mol. The van der Waals surface area contributed by atoms with Gasteiger partial charge in [0.25, 0.3) is 0 Å². The number of aromatic nitrogens is 1. The van der Waals surface area contributed by atoms with Crippen LogP contribution in [0.4, 0.5) is 18.0 Å². The average Bonchev–Trinajstić information content (AvgIpc) is 2.87. The first kappa shape index (κ1) is 21.8. The van der Waals surface area contributed by atoms with E-state index < -0.39 is 40.8 Å². The molecular formula is C20H28F3N3O3. The predicted molar refractivity (Wildman–Crippen MR) is 100 cm³/mol. The van der Waals surface area contributed by atoms with Crippen molar-refractivity contribution in [1.82, 2.24) is 9.88 Å². The number of pyridine rings is 1. The third-order valence-electron chi connectivity index (χ3n) is 5.17. The Morgan fingerprint density at radius 3 is 2.28 bits per heavy atom. The van der Waals surface area contributed by atoms with E-state index in [2.05, 4.69) is 4.98 Å². The maximum absolute atomic E-state index is 13.3. The molecule has 1 saturated heterocycles. The van der Waals surface area contributed by atoms with Crippen molar-refractivity contribution < 1.29 is 27.4 Å². The highest BCUT2D eigenvalue weighted by Crippen LogP contribution is 2.51. The van der Waals surface area contributed by atoms with E-state index in [4.69, 9.17) is 15.2 Å². The van der Waals surface area contributed by atoms with Gasteiger partial charge in [-0.15, -0.1) is 0 Å². The maximum Gasteiger partial charge on any atom is 0.433 e. The van der Waals surface area contributed by atoms with Gasteiger partial charge in [0.05, 0.1) is 5.69 Å². The maximum atomic E-state index is 13.3. The van der Waals surface area contributed by atoms with Crippen molar-refractivity contribution in [2.75, 3.05) is 13.1 Å². The van der Waals surface area contributed by atoms with Crippen molar-refractivity contribution in [3.05, 3.63) is 29.1 Å². The number of halogens is 3. The van der Waals surface area contributed by atoms with Crippen LogP contribution in [0.3, 0.4) is 0 Å². The first-order valence-corrected chi connectivity index (χ1v) is 9.66. The second-order valence-corrected chi connectivity index (χ2v) is 9.41. The molecule has 2 N–H and O–H groups in total. The summed E-state index contributed by atoms with van der Waals surface area (Å²) >= 11 is 0. The van der Waals surface area contributed by atoms with Crippen LogP contribution in [0.25, 0.3) is 0 Å². The van der Waals surface area contributed by atoms with Gasteiger partial charge in [-0.2, -0.15) is 13.2 Å². The molecule has 2 aliphatic rings. The van der Waals surface area contributed by atoms with Crippen LogP contribution < -0.4 is 5.73 Å². The highest BCUT2D eigenvalue weighted by Gasteiger charge is 2.52. The number of nitrogens with two attached hydrogens (primary N) is 1. The van der Waals surface area contributed by atoms with Crippen LogP contribution in [-0.2, 0) is 21.3 Å². The molecule has 1 aromatic rings. The molecular weight excluding hydrogens is 387 g/mol. The van der Waals surface area contributed by atoms with Gasteiger partial charge in [-0.1, -0.05) is 6.07 Å². The van der Waals surface area contributed by atoms with Gasteiger partial charge in [0.2, 0.25) is 0 Å². The Morgan fingerprint density at radius 1 is 1.21 bits per heavy atom. The number of amides is 1. The Labute approximate surface area is 168 Å². The topological polar surface area (TPSA) is 77.7 Å². The molecule has 0 saturated carbocycles. The molecule has 6 nitrogen and oxygen atoms in total. The third kappa shape index (κ3) is 4.35. The van der Waals surface area contributed by atoms with Crippen molar-refractivity contribution in [3.8, 4) is 0 Å². The molecule has 29 heavy (non-hydrogen) atoms. The van der Waals surface area contributed by atoms with Crippen molar-refractivity contribution in [3.63, 3.8) is 0 Å². The van der Waals surface area contributed by atoms with Gasteiger partial charge in [-0.25, -0.2) is 9.78 Å². The Balaban J connectivity index is 1.91. The highest BCUT2D eigenvalue weighted by atomic mass is 19.4. The van der Waals surface area contributed by atoms with E-state index in [0.717, 1.165) is 6.07 Å². The third-order valence-corrected chi connectivity index (χ3v) is 5.17. The molecule has 1 spiro atoms. The molecule has 1 atom stereocenters. The smallest absolute Gasteiger partial charge is 0.433 e. The summed E-state index contributed by atoms with van der Waals surface area (Å²) in [6.07, 6.45) is -4.94. The molecule has 3 heterocycles. The number of fused-ring (bicyclic) bond motifs is 2. The number of carbonyl (C=O) groups is 1. The summed E-state index contributed by atoms with van der Waals surface area (Å²) in [7, 11) is 0. The zero-order chi connectivity index (χ0) is 21.8.